The molecule has 0 atom stereocenters. The van der Waals surface area contributed by atoms with Gasteiger partial charge in [-0.1, -0.05) is 0 Å². The number of benzene rings is 2. The summed E-state index contributed by atoms with van der Waals surface area (Å²) in [6.07, 6.45) is 2.37. The number of carbonyl (C=O) groups excluding carboxylic acids is 1. The summed E-state index contributed by atoms with van der Waals surface area (Å²) >= 11 is 0. The van der Waals surface area contributed by atoms with Crippen LogP contribution in [0.25, 0.3) is 0 Å². The Bertz CT molecular complexity index is 742. The van der Waals surface area contributed by atoms with E-state index in [0.717, 1.165) is 18.6 Å². The number of amides is 1. The van der Waals surface area contributed by atoms with E-state index in [0.29, 0.717) is 24.2 Å². The van der Waals surface area contributed by atoms with Crippen LogP contribution in [0.1, 0.15) is 29.6 Å². The molecule has 1 fully saturated rings. The lowest BCUT2D eigenvalue weighted by molar-refractivity contribution is -0.0300. The lowest BCUT2D eigenvalue weighted by Gasteiger charge is -2.36. The fourth-order valence-electron chi connectivity index (χ4n) is 2.47. The van der Waals surface area contributed by atoms with E-state index in [1.54, 1.807) is 0 Å². The van der Waals surface area contributed by atoms with Crippen molar-refractivity contribution in [3.8, 4) is 11.5 Å². The van der Waals surface area contributed by atoms with Crippen LogP contribution in [0.5, 0.6) is 11.5 Å². The molecule has 0 unspecified atom stereocenters. The fourth-order valence-corrected chi connectivity index (χ4v) is 2.47. The van der Waals surface area contributed by atoms with E-state index >= 15 is 0 Å². The highest BCUT2D eigenvalue weighted by Crippen LogP contribution is 2.30. The number of hydrogen-bond donors (Lipinski definition) is 2. The molecule has 1 aliphatic rings. The summed E-state index contributed by atoms with van der Waals surface area (Å²) in [5.41, 5.74) is -0.372. The first kappa shape index (κ1) is 16.4. The van der Waals surface area contributed by atoms with Crippen molar-refractivity contribution in [2.45, 2.75) is 24.9 Å². The van der Waals surface area contributed by atoms with Crippen LogP contribution in [0.3, 0.4) is 0 Å². The van der Waals surface area contributed by atoms with Crippen molar-refractivity contribution >= 4 is 5.91 Å². The standard InChI is InChI=1S/C18H17F2NO3/c19-13-4-7-16(15(20)10-13)24-14-5-2-12(3-6-14)17(22)21-11-18(23)8-1-9-18/h2-7,10,23H,1,8-9,11H2,(H,21,22). The molecule has 0 bridgehead atoms. The van der Waals surface area contributed by atoms with E-state index in [9.17, 15) is 18.7 Å². The van der Waals surface area contributed by atoms with Crippen molar-refractivity contribution < 1.29 is 23.4 Å². The van der Waals surface area contributed by atoms with E-state index in [4.69, 9.17) is 4.74 Å². The lowest BCUT2D eigenvalue weighted by atomic mass is 9.80. The molecule has 0 aliphatic heterocycles. The van der Waals surface area contributed by atoms with Gasteiger partial charge in [-0.25, -0.2) is 8.78 Å². The Hall–Kier alpha value is -2.47. The summed E-state index contributed by atoms with van der Waals surface area (Å²) in [7, 11) is 0. The normalized spacial score (nSPS) is 15.5. The van der Waals surface area contributed by atoms with Crippen LogP contribution in [0.2, 0.25) is 0 Å². The van der Waals surface area contributed by atoms with E-state index in [1.165, 1.54) is 30.3 Å². The highest BCUT2D eigenvalue weighted by atomic mass is 19.1. The van der Waals surface area contributed by atoms with Gasteiger partial charge in [0.1, 0.15) is 11.6 Å². The zero-order chi connectivity index (χ0) is 17.2. The highest BCUT2D eigenvalue weighted by Gasteiger charge is 2.34. The maximum Gasteiger partial charge on any atom is 0.251 e. The Morgan fingerprint density at radius 2 is 1.88 bits per heavy atom. The number of carbonyl (C=O) groups is 1. The summed E-state index contributed by atoms with van der Waals surface area (Å²) < 4.78 is 31.7. The highest BCUT2D eigenvalue weighted by molar-refractivity contribution is 5.94. The second-order valence-corrected chi connectivity index (χ2v) is 5.96. The molecular weight excluding hydrogens is 316 g/mol. The van der Waals surface area contributed by atoms with Gasteiger partial charge in [-0.3, -0.25) is 4.79 Å². The SMILES string of the molecule is O=C(NCC1(O)CCC1)c1ccc(Oc2ccc(F)cc2F)cc1. The second kappa shape index (κ2) is 6.57. The fraction of sp³-hybridized carbons (Fsp3) is 0.278. The quantitative estimate of drug-likeness (QED) is 0.882. The Balaban J connectivity index is 1.61. The lowest BCUT2D eigenvalue weighted by Crippen LogP contribution is -2.47. The molecule has 6 heteroatoms. The van der Waals surface area contributed by atoms with E-state index < -0.39 is 17.2 Å². The van der Waals surface area contributed by atoms with Gasteiger partial charge in [0.25, 0.3) is 5.91 Å². The van der Waals surface area contributed by atoms with Crippen LogP contribution in [-0.4, -0.2) is 23.2 Å². The zero-order valence-corrected chi connectivity index (χ0v) is 12.9. The molecule has 0 heterocycles. The van der Waals surface area contributed by atoms with Crippen molar-refractivity contribution in [1.82, 2.24) is 5.32 Å². The number of ether oxygens (including phenoxy) is 1. The molecular formula is C18H17F2NO3. The number of hydrogen-bond acceptors (Lipinski definition) is 3. The Kier molecular flexibility index (Phi) is 4.49. The summed E-state index contributed by atoms with van der Waals surface area (Å²) in [5, 5.41) is 12.7. The summed E-state index contributed by atoms with van der Waals surface area (Å²) in [4.78, 5) is 12.0. The van der Waals surface area contributed by atoms with E-state index in [2.05, 4.69) is 5.32 Å². The van der Waals surface area contributed by atoms with E-state index in [-0.39, 0.29) is 18.2 Å². The monoisotopic (exact) mass is 333 g/mol. The third kappa shape index (κ3) is 3.71. The van der Waals surface area contributed by atoms with Gasteiger partial charge in [-0.2, -0.15) is 0 Å². The van der Waals surface area contributed by atoms with Gasteiger partial charge in [0.2, 0.25) is 0 Å². The first-order valence-electron chi connectivity index (χ1n) is 7.69. The molecule has 0 radical (unpaired) electrons. The van der Waals surface area contributed by atoms with Gasteiger partial charge < -0.3 is 15.2 Å². The van der Waals surface area contributed by atoms with Crippen LogP contribution in [0, 0.1) is 11.6 Å². The van der Waals surface area contributed by atoms with Crippen LogP contribution < -0.4 is 10.1 Å². The molecule has 0 saturated heterocycles. The Morgan fingerprint density at radius 3 is 2.46 bits per heavy atom. The van der Waals surface area contributed by atoms with Crippen LogP contribution in [0.15, 0.2) is 42.5 Å². The molecule has 1 aliphatic carbocycles. The first-order chi connectivity index (χ1) is 11.5. The van der Waals surface area contributed by atoms with Crippen LogP contribution in [-0.2, 0) is 0 Å². The van der Waals surface area contributed by atoms with Gasteiger partial charge in [-0.15, -0.1) is 0 Å². The summed E-state index contributed by atoms with van der Waals surface area (Å²) in [5.74, 6) is -1.55. The number of aliphatic hydroxyl groups is 1. The van der Waals surface area contributed by atoms with Crippen molar-refractivity contribution in [3.63, 3.8) is 0 Å². The van der Waals surface area contributed by atoms with Gasteiger partial charge in [-0.05, 0) is 55.7 Å². The smallest absolute Gasteiger partial charge is 0.251 e. The minimum Gasteiger partial charge on any atom is -0.454 e. The minimum absolute atomic E-state index is 0.0965. The van der Waals surface area contributed by atoms with Gasteiger partial charge >= 0.3 is 0 Å². The maximum absolute atomic E-state index is 13.5. The summed E-state index contributed by atoms with van der Waals surface area (Å²) in [6.45, 7) is 0.227. The first-order valence-corrected chi connectivity index (χ1v) is 7.69. The predicted octanol–water partition coefficient (Wildman–Crippen LogP) is 3.40. The second-order valence-electron chi connectivity index (χ2n) is 5.96. The van der Waals surface area contributed by atoms with Gasteiger partial charge in [0, 0.05) is 18.2 Å². The number of nitrogens with one attached hydrogen (secondary N) is 1. The molecule has 2 N–H and O–H groups in total. The molecule has 1 saturated carbocycles. The average Bonchev–Trinajstić information content (AvgIpc) is 2.54. The van der Waals surface area contributed by atoms with Crippen molar-refractivity contribution in [2.75, 3.05) is 6.54 Å². The Labute approximate surface area is 138 Å². The maximum atomic E-state index is 13.5. The number of halogens is 2. The van der Waals surface area contributed by atoms with Crippen molar-refractivity contribution in [3.05, 3.63) is 59.7 Å². The topological polar surface area (TPSA) is 58.6 Å². The minimum atomic E-state index is -0.800. The molecule has 3 rings (SSSR count). The number of rotatable bonds is 5. The third-order valence-electron chi connectivity index (χ3n) is 4.10. The molecule has 0 aromatic heterocycles. The zero-order valence-electron chi connectivity index (χ0n) is 12.9. The largest absolute Gasteiger partial charge is 0.454 e. The molecule has 2 aromatic rings. The van der Waals surface area contributed by atoms with Crippen molar-refractivity contribution in [2.24, 2.45) is 0 Å². The average molecular weight is 333 g/mol. The molecule has 126 valence electrons. The molecule has 1 amide bonds. The Morgan fingerprint density at radius 1 is 1.17 bits per heavy atom. The van der Waals surface area contributed by atoms with Gasteiger partial charge in [0.05, 0.1) is 5.60 Å². The summed E-state index contributed by atoms with van der Waals surface area (Å²) in [6, 6.07) is 9.16. The van der Waals surface area contributed by atoms with Gasteiger partial charge in [0.15, 0.2) is 11.6 Å². The van der Waals surface area contributed by atoms with E-state index in [1.807, 2.05) is 0 Å². The molecule has 2 aromatic carbocycles. The molecule has 0 spiro atoms. The predicted molar refractivity (Wildman–Crippen MR) is 84.0 cm³/mol. The van der Waals surface area contributed by atoms with Crippen molar-refractivity contribution in [1.29, 1.82) is 0 Å². The molecule has 24 heavy (non-hydrogen) atoms. The third-order valence-corrected chi connectivity index (χ3v) is 4.10. The van der Waals surface area contributed by atoms with Crippen LogP contribution in [0.4, 0.5) is 8.78 Å². The van der Waals surface area contributed by atoms with Crippen LogP contribution >= 0.6 is 0 Å². The molecule has 4 nitrogen and oxygen atoms in total.